The van der Waals surface area contributed by atoms with E-state index in [2.05, 4.69) is 40.5 Å². The summed E-state index contributed by atoms with van der Waals surface area (Å²) < 4.78 is 0. The smallest absolute Gasteiger partial charge is 0.337 e. The molecule has 0 amide bonds. The van der Waals surface area contributed by atoms with E-state index in [1.54, 1.807) is 18.3 Å². The van der Waals surface area contributed by atoms with Crippen LogP contribution in [-0.4, -0.2) is 30.4 Å². The molecule has 25 heavy (non-hydrogen) atoms. The van der Waals surface area contributed by atoms with Gasteiger partial charge in [-0.25, -0.2) is 4.79 Å². The fourth-order valence-electron chi connectivity index (χ4n) is 2.91. The average Bonchev–Trinajstić information content (AvgIpc) is 3.12. The number of nitrogens with zero attached hydrogens (tertiary/aromatic N) is 2. The SMILES string of the molecule is Cc1cc(N2CCCC2)ccc1/C=N\Nc1ccc(Cl)c(C(=O)O)c1. The average molecular weight is 358 g/mol. The molecule has 0 atom stereocenters. The maximum atomic E-state index is 11.1. The Morgan fingerprint density at radius 2 is 2.00 bits per heavy atom. The Balaban J connectivity index is 1.70. The lowest BCUT2D eigenvalue weighted by Gasteiger charge is -2.18. The van der Waals surface area contributed by atoms with Crippen molar-refractivity contribution in [2.24, 2.45) is 5.10 Å². The Kier molecular flexibility index (Phi) is 5.24. The van der Waals surface area contributed by atoms with E-state index >= 15 is 0 Å². The predicted octanol–water partition coefficient (Wildman–Crippen LogP) is 4.39. The number of carbonyl (C=O) groups is 1. The molecular weight excluding hydrogens is 338 g/mol. The topological polar surface area (TPSA) is 64.9 Å². The summed E-state index contributed by atoms with van der Waals surface area (Å²) in [5.74, 6) is -1.06. The van der Waals surface area contributed by atoms with Crippen molar-refractivity contribution < 1.29 is 9.90 Å². The molecule has 0 saturated carbocycles. The number of benzene rings is 2. The first-order chi connectivity index (χ1) is 12.0. The fourth-order valence-corrected chi connectivity index (χ4v) is 3.11. The quantitative estimate of drug-likeness (QED) is 0.615. The number of carboxylic acid groups (broad SMARTS) is 1. The van der Waals surface area contributed by atoms with Crippen molar-refractivity contribution in [3.05, 3.63) is 58.1 Å². The Bertz CT molecular complexity index is 814. The third kappa shape index (κ3) is 4.12. The molecule has 2 aromatic carbocycles. The van der Waals surface area contributed by atoms with Gasteiger partial charge in [0.15, 0.2) is 0 Å². The molecule has 0 bridgehead atoms. The maximum absolute atomic E-state index is 11.1. The molecule has 5 nitrogen and oxygen atoms in total. The van der Waals surface area contributed by atoms with Crippen molar-refractivity contribution >= 4 is 35.2 Å². The van der Waals surface area contributed by atoms with Gasteiger partial charge in [0.2, 0.25) is 0 Å². The Labute approximate surface area is 151 Å². The van der Waals surface area contributed by atoms with E-state index in [4.69, 9.17) is 16.7 Å². The molecule has 6 heteroatoms. The Morgan fingerprint density at radius 3 is 2.68 bits per heavy atom. The number of aryl methyl sites for hydroxylation is 1. The fraction of sp³-hybridized carbons (Fsp3) is 0.263. The van der Waals surface area contributed by atoms with Gasteiger partial charge in [-0.3, -0.25) is 5.43 Å². The van der Waals surface area contributed by atoms with Gasteiger partial charge in [0.05, 0.1) is 22.5 Å². The number of anilines is 2. The van der Waals surface area contributed by atoms with Crippen LogP contribution in [0.3, 0.4) is 0 Å². The van der Waals surface area contributed by atoms with Crippen LogP contribution in [0.5, 0.6) is 0 Å². The van der Waals surface area contributed by atoms with Gasteiger partial charge in [0.25, 0.3) is 0 Å². The van der Waals surface area contributed by atoms with Crippen LogP contribution in [-0.2, 0) is 0 Å². The molecular formula is C19H20ClN3O2. The van der Waals surface area contributed by atoms with Crippen LogP contribution in [0.25, 0.3) is 0 Å². The number of nitrogens with one attached hydrogen (secondary N) is 1. The van der Waals surface area contributed by atoms with Crippen LogP contribution in [0.4, 0.5) is 11.4 Å². The molecule has 2 aromatic rings. The highest BCUT2D eigenvalue weighted by molar-refractivity contribution is 6.33. The van der Waals surface area contributed by atoms with Gasteiger partial charge in [-0.2, -0.15) is 5.10 Å². The van der Waals surface area contributed by atoms with Crippen LogP contribution in [0.2, 0.25) is 5.02 Å². The normalized spacial score (nSPS) is 14.2. The summed E-state index contributed by atoms with van der Waals surface area (Å²) in [5.41, 5.74) is 6.89. The molecule has 0 unspecified atom stereocenters. The summed E-state index contributed by atoms with van der Waals surface area (Å²) in [4.78, 5) is 13.5. The lowest BCUT2D eigenvalue weighted by atomic mass is 10.1. The molecule has 1 saturated heterocycles. The summed E-state index contributed by atoms with van der Waals surface area (Å²) in [7, 11) is 0. The van der Waals surface area contributed by atoms with Gasteiger partial charge >= 0.3 is 5.97 Å². The molecule has 1 fully saturated rings. The second kappa shape index (κ2) is 7.57. The largest absolute Gasteiger partial charge is 0.478 e. The lowest BCUT2D eigenvalue weighted by molar-refractivity contribution is 0.0697. The zero-order chi connectivity index (χ0) is 17.8. The van der Waals surface area contributed by atoms with Gasteiger partial charge in [0.1, 0.15) is 0 Å². The van der Waals surface area contributed by atoms with E-state index < -0.39 is 5.97 Å². The van der Waals surface area contributed by atoms with E-state index in [1.807, 2.05) is 0 Å². The first-order valence-corrected chi connectivity index (χ1v) is 8.60. The van der Waals surface area contributed by atoms with Crippen LogP contribution in [0, 0.1) is 6.92 Å². The van der Waals surface area contributed by atoms with Crippen LogP contribution >= 0.6 is 11.6 Å². The molecule has 3 rings (SSSR count). The molecule has 2 N–H and O–H groups in total. The van der Waals surface area contributed by atoms with E-state index in [0.29, 0.717) is 5.69 Å². The zero-order valence-electron chi connectivity index (χ0n) is 14.0. The highest BCUT2D eigenvalue weighted by atomic mass is 35.5. The third-order valence-corrected chi connectivity index (χ3v) is 4.65. The van der Waals surface area contributed by atoms with Gasteiger partial charge in [-0.05, 0) is 61.2 Å². The number of hydrazone groups is 1. The second-order valence-electron chi connectivity index (χ2n) is 6.10. The molecule has 0 spiro atoms. The van der Waals surface area contributed by atoms with Crippen molar-refractivity contribution in [1.82, 2.24) is 0 Å². The minimum atomic E-state index is -1.06. The Morgan fingerprint density at radius 1 is 1.24 bits per heavy atom. The molecule has 1 heterocycles. The van der Waals surface area contributed by atoms with Crippen LogP contribution in [0.1, 0.15) is 34.3 Å². The summed E-state index contributed by atoms with van der Waals surface area (Å²) in [5, 5.41) is 13.5. The van der Waals surface area contributed by atoms with Crippen molar-refractivity contribution in [1.29, 1.82) is 0 Å². The first-order valence-electron chi connectivity index (χ1n) is 8.22. The molecule has 1 aliphatic rings. The number of carboxylic acids is 1. The maximum Gasteiger partial charge on any atom is 0.337 e. The number of hydrogen-bond acceptors (Lipinski definition) is 4. The van der Waals surface area contributed by atoms with E-state index in [-0.39, 0.29) is 10.6 Å². The van der Waals surface area contributed by atoms with Crippen molar-refractivity contribution in [3.8, 4) is 0 Å². The molecule has 130 valence electrons. The van der Waals surface area contributed by atoms with Gasteiger partial charge in [-0.15, -0.1) is 0 Å². The van der Waals surface area contributed by atoms with Gasteiger partial charge < -0.3 is 10.0 Å². The summed E-state index contributed by atoms with van der Waals surface area (Å²) >= 11 is 5.86. The number of hydrogen-bond donors (Lipinski definition) is 2. The van der Waals surface area contributed by atoms with Crippen molar-refractivity contribution in [2.45, 2.75) is 19.8 Å². The lowest BCUT2D eigenvalue weighted by Crippen LogP contribution is -2.17. The van der Waals surface area contributed by atoms with Crippen LogP contribution < -0.4 is 10.3 Å². The van der Waals surface area contributed by atoms with Crippen molar-refractivity contribution in [2.75, 3.05) is 23.4 Å². The van der Waals surface area contributed by atoms with Gasteiger partial charge in [-0.1, -0.05) is 17.7 Å². The predicted molar refractivity (Wildman–Crippen MR) is 102 cm³/mol. The second-order valence-corrected chi connectivity index (χ2v) is 6.51. The summed E-state index contributed by atoms with van der Waals surface area (Å²) in [6.45, 7) is 4.31. The standard InChI is InChI=1S/C19H20ClN3O2/c1-13-10-16(23-8-2-3-9-23)6-4-14(13)12-21-22-15-5-7-18(20)17(11-15)19(24)25/h4-7,10-12,22H,2-3,8-9H2,1H3,(H,24,25)/b21-12-. The first kappa shape index (κ1) is 17.3. The van der Waals surface area contributed by atoms with E-state index in [9.17, 15) is 4.79 Å². The Hall–Kier alpha value is -2.53. The zero-order valence-corrected chi connectivity index (χ0v) is 14.8. The third-order valence-electron chi connectivity index (χ3n) is 4.32. The monoisotopic (exact) mass is 357 g/mol. The van der Waals surface area contributed by atoms with Gasteiger partial charge in [0, 0.05) is 18.8 Å². The number of aromatic carboxylic acids is 1. The highest BCUT2D eigenvalue weighted by Crippen LogP contribution is 2.23. The van der Waals surface area contributed by atoms with E-state index in [0.717, 1.165) is 24.2 Å². The summed E-state index contributed by atoms with van der Waals surface area (Å²) in [6, 6.07) is 11.0. The molecule has 0 radical (unpaired) electrons. The van der Waals surface area contributed by atoms with Crippen LogP contribution in [0.15, 0.2) is 41.5 Å². The highest BCUT2D eigenvalue weighted by Gasteiger charge is 2.12. The minimum Gasteiger partial charge on any atom is -0.478 e. The van der Waals surface area contributed by atoms with Crippen molar-refractivity contribution in [3.63, 3.8) is 0 Å². The number of rotatable bonds is 5. The number of halogens is 1. The van der Waals surface area contributed by atoms with E-state index in [1.165, 1.54) is 24.6 Å². The molecule has 0 aromatic heterocycles. The molecule has 1 aliphatic heterocycles. The summed E-state index contributed by atoms with van der Waals surface area (Å²) in [6.07, 6.45) is 4.25. The molecule has 0 aliphatic carbocycles. The minimum absolute atomic E-state index is 0.0491.